The SMILES string of the molecule is CCOC(=O)c1ccc(-c2ccc3c(c2)[C@@H](Nc2ccc(Cl)cc2)C[C@@H](C)N3C(C)=O)cc1. The van der Waals surface area contributed by atoms with Crippen LogP contribution in [0.1, 0.15) is 49.2 Å². The minimum absolute atomic E-state index is 0.0280. The highest BCUT2D eigenvalue weighted by Crippen LogP contribution is 2.41. The summed E-state index contributed by atoms with van der Waals surface area (Å²) >= 11 is 6.05. The van der Waals surface area contributed by atoms with Gasteiger partial charge in [0.1, 0.15) is 0 Å². The third-order valence-electron chi connectivity index (χ3n) is 5.93. The van der Waals surface area contributed by atoms with Gasteiger partial charge in [0.25, 0.3) is 0 Å². The fraction of sp³-hybridized carbons (Fsp3) is 0.259. The molecule has 0 saturated heterocycles. The standard InChI is InChI=1S/C27H27ClN2O3/c1-4-33-27(32)20-7-5-19(6-8-20)21-9-14-26-24(16-21)25(15-17(2)30(26)18(3)31)29-23-12-10-22(28)11-13-23/h5-14,16-17,25,29H,4,15H2,1-3H3/t17-,25+/m1/s1. The van der Waals surface area contributed by atoms with Crippen molar-refractivity contribution in [3.63, 3.8) is 0 Å². The Bertz CT molecular complexity index is 1160. The highest BCUT2D eigenvalue weighted by atomic mass is 35.5. The zero-order chi connectivity index (χ0) is 23.5. The Balaban J connectivity index is 1.70. The lowest BCUT2D eigenvalue weighted by atomic mass is 9.88. The summed E-state index contributed by atoms with van der Waals surface area (Å²) in [6.07, 6.45) is 0.778. The molecule has 170 valence electrons. The molecule has 1 amide bonds. The number of nitrogens with zero attached hydrogens (tertiary/aromatic N) is 1. The molecule has 0 radical (unpaired) electrons. The first kappa shape index (κ1) is 22.9. The van der Waals surface area contributed by atoms with E-state index in [1.165, 1.54) is 0 Å². The average Bonchev–Trinajstić information content (AvgIpc) is 2.80. The number of amides is 1. The topological polar surface area (TPSA) is 58.6 Å². The Labute approximate surface area is 199 Å². The van der Waals surface area contributed by atoms with Crippen LogP contribution in [0.4, 0.5) is 11.4 Å². The second-order valence-corrected chi connectivity index (χ2v) is 8.69. The number of benzene rings is 3. The molecular formula is C27H27ClN2O3. The Morgan fingerprint density at radius 1 is 1.03 bits per heavy atom. The average molecular weight is 463 g/mol. The van der Waals surface area contributed by atoms with E-state index >= 15 is 0 Å². The molecule has 0 saturated carbocycles. The zero-order valence-electron chi connectivity index (χ0n) is 19.0. The van der Waals surface area contributed by atoms with Crippen LogP contribution < -0.4 is 10.2 Å². The molecule has 1 aliphatic heterocycles. The number of esters is 1. The lowest BCUT2D eigenvalue weighted by Gasteiger charge is -2.39. The highest BCUT2D eigenvalue weighted by molar-refractivity contribution is 6.30. The molecule has 0 aromatic heterocycles. The summed E-state index contributed by atoms with van der Waals surface area (Å²) in [6, 6.07) is 21.3. The van der Waals surface area contributed by atoms with Crippen LogP contribution in [-0.4, -0.2) is 24.5 Å². The van der Waals surface area contributed by atoms with Gasteiger partial charge in [-0.3, -0.25) is 4.79 Å². The van der Waals surface area contributed by atoms with Gasteiger partial charge in [0.05, 0.1) is 18.2 Å². The largest absolute Gasteiger partial charge is 0.462 e. The fourth-order valence-corrected chi connectivity index (χ4v) is 4.55. The van der Waals surface area contributed by atoms with E-state index in [2.05, 4.69) is 18.3 Å². The molecule has 3 aromatic rings. The normalized spacial score (nSPS) is 17.3. The van der Waals surface area contributed by atoms with E-state index in [1.807, 2.05) is 53.4 Å². The van der Waals surface area contributed by atoms with Crippen molar-refractivity contribution < 1.29 is 14.3 Å². The van der Waals surface area contributed by atoms with Gasteiger partial charge in [-0.2, -0.15) is 0 Å². The number of hydrogen-bond acceptors (Lipinski definition) is 4. The molecule has 1 heterocycles. The first-order valence-corrected chi connectivity index (χ1v) is 11.5. The summed E-state index contributed by atoms with van der Waals surface area (Å²) in [5, 5.41) is 4.30. The summed E-state index contributed by atoms with van der Waals surface area (Å²) in [5.74, 6) is -0.298. The number of carbonyl (C=O) groups excluding carboxylic acids is 2. The minimum Gasteiger partial charge on any atom is -0.462 e. The Morgan fingerprint density at radius 2 is 1.70 bits per heavy atom. The van der Waals surface area contributed by atoms with Gasteiger partial charge in [0.15, 0.2) is 0 Å². The highest BCUT2D eigenvalue weighted by Gasteiger charge is 2.32. The molecule has 0 aliphatic carbocycles. The number of fused-ring (bicyclic) bond motifs is 1. The first-order valence-electron chi connectivity index (χ1n) is 11.1. The van der Waals surface area contributed by atoms with Gasteiger partial charge in [-0.15, -0.1) is 0 Å². The molecule has 1 N–H and O–H groups in total. The molecule has 0 spiro atoms. The molecule has 0 unspecified atom stereocenters. The summed E-state index contributed by atoms with van der Waals surface area (Å²) < 4.78 is 5.08. The van der Waals surface area contributed by atoms with E-state index in [0.29, 0.717) is 17.2 Å². The van der Waals surface area contributed by atoms with Crippen molar-refractivity contribution >= 4 is 34.9 Å². The van der Waals surface area contributed by atoms with Crippen LogP contribution in [-0.2, 0) is 9.53 Å². The summed E-state index contributed by atoms with van der Waals surface area (Å²) in [5.41, 5.74) is 5.49. The van der Waals surface area contributed by atoms with Crippen molar-refractivity contribution in [3.8, 4) is 11.1 Å². The molecule has 6 heteroatoms. The number of nitrogens with one attached hydrogen (secondary N) is 1. The molecule has 2 atom stereocenters. The molecule has 0 fully saturated rings. The molecule has 1 aliphatic rings. The number of anilines is 2. The van der Waals surface area contributed by atoms with Gasteiger partial charge >= 0.3 is 5.97 Å². The summed E-state index contributed by atoms with van der Waals surface area (Å²) in [4.78, 5) is 26.3. The lowest BCUT2D eigenvalue weighted by molar-refractivity contribution is -0.117. The van der Waals surface area contributed by atoms with E-state index < -0.39 is 0 Å². The van der Waals surface area contributed by atoms with E-state index in [1.54, 1.807) is 26.0 Å². The van der Waals surface area contributed by atoms with Crippen LogP contribution in [0.15, 0.2) is 66.7 Å². The van der Waals surface area contributed by atoms with Crippen LogP contribution in [0.25, 0.3) is 11.1 Å². The van der Waals surface area contributed by atoms with E-state index in [4.69, 9.17) is 16.3 Å². The predicted octanol–water partition coefficient (Wildman–Crippen LogP) is 6.48. The number of rotatable bonds is 5. The third kappa shape index (κ3) is 4.88. The molecule has 4 rings (SSSR count). The predicted molar refractivity (Wildman–Crippen MR) is 133 cm³/mol. The summed E-state index contributed by atoms with van der Waals surface area (Å²) in [7, 11) is 0. The number of carbonyl (C=O) groups is 2. The lowest BCUT2D eigenvalue weighted by Crippen LogP contribution is -2.43. The smallest absolute Gasteiger partial charge is 0.338 e. The Hall–Kier alpha value is -3.31. The zero-order valence-corrected chi connectivity index (χ0v) is 19.7. The van der Waals surface area contributed by atoms with Gasteiger partial charge < -0.3 is 15.0 Å². The maximum Gasteiger partial charge on any atom is 0.338 e. The van der Waals surface area contributed by atoms with Crippen molar-refractivity contribution in [1.82, 2.24) is 0 Å². The first-order chi connectivity index (χ1) is 15.9. The second kappa shape index (κ2) is 9.67. The van der Waals surface area contributed by atoms with Crippen molar-refractivity contribution in [2.75, 3.05) is 16.8 Å². The number of hydrogen-bond donors (Lipinski definition) is 1. The van der Waals surface area contributed by atoms with E-state index in [-0.39, 0.29) is 24.0 Å². The Morgan fingerprint density at radius 3 is 2.33 bits per heavy atom. The van der Waals surface area contributed by atoms with Gasteiger partial charge in [0, 0.05) is 29.4 Å². The van der Waals surface area contributed by atoms with Crippen molar-refractivity contribution in [3.05, 3.63) is 82.9 Å². The maximum atomic E-state index is 12.4. The van der Waals surface area contributed by atoms with Gasteiger partial charge in [-0.1, -0.05) is 29.8 Å². The molecular weight excluding hydrogens is 436 g/mol. The van der Waals surface area contributed by atoms with Crippen molar-refractivity contribution in [2.24, 2.45) is 0 Å². The van der Waals surface area contributed by atoms with Gasteiger partial charge in [-0.25, -0.2) is 4.79 Å². The molecule has 0 bridgehead atoms. The van der Waals surface area contributed by atoms with E-state index in [0.717, 1.165) is 34.5 Å². The van der Waals surface area contributed by atoms with Crippen LogP contribution in [0, 0.1) is 0 Å². The molecule has 5 nitrogen and oxygen atoms in total. The fourth-order valence-electron chi connectivity index (χ4n) is 4.42. The summed E-state index contributed by atoms with van der Waals surface area (Å²) in [6.45, 7) is 5.82. The van der Waals surface area contributed by atoms with Gasteiger partial charge in [0.2, 0.25) is 5.91 Å². The quantitative estimate of drug-likeness (QED) is 0.441. The number of halogens is 1. The Kier molecular flexibility index (Phi) is 6.70. The van der Waals surface area contributed by atoms with Gasteiger partial charge in [-0.05, 0) is 85.5 Å². The van der Waals surface area contributed by atoms with Crippen LogP contribution in [0.3, 0.4) is 0 Å². The molecule has 3 aromatic carbocycles. The van der Waals surface area contributed by atoms with Crippen LogP contribution in [0.5, 0.6) is 0 Å². The third-order valence-corrected chi connectivity index (χ3v) is 6.19. The number of ether oxygens (including phenoxy) is 1. The minimum atomic E-state index is -0.326. The molecule has 33 heavy (non-hydrogen) atoms. The van der Waals surface area contributed by atoms with Crippen LogP contribution in [0.2, 0.25) is 5.02 Å². The monoisotopic (exact) mass is 462 g/mol. The van der Waals surface area contributed by atoms with Crippen LogP contribution >= 0.6 is 11.6 Å². The second-order valence-electron chi connectivity index (χ2n) is 8.25. The maximum absolute atomic E-state index is 12.4. The van der Waals surface area contributed by atoms with Crippen molar-refractivity contribution in [2.45, 2.75) is 39.3 Å². The van der Waals surface area contributed by atoms with E-state index in [9.17, 15) is 9.59 Å². The van der Waals surface area contributed by atoms with Crippen molar-refractivity contribution in [1.29, 1.82) is 0 Å².